The Bertz CT molecular complexity index is 492. The van der Waals surface area contributed by atoms with Crippen molar-refractivity contribution in [3.05, 3.63) is 23.2 Å². The number of benzene rings is 1. The van der Waals surface area contributed by atoms with Gasteiger partial charge in [0.05, 0.1) is 10.7 Å². The van der Waals surface area contributed by atoms with Crippen LogP contribution in [0.25, 0.3) is 0 Å². The van der Waals surface area contributed by atoms with Gasteiger partial charge in [0, 0.05) is 30.0 Å². The van der Waals surface area contributed by atoms with Gasteiger partial charge in [-0.3, -0.25) is 9.59 Å². The molecule has 0 aromatic heterocycles. The van der Waals surface area contributed by atoms with Crippen LogP contribution in [0.15, 0.2) is 23.1 Å². The zero-order chi connectivity index (χ0) is 15.1. The molecule has 0 aliphatic carbocycles. The van der Waals surface area contributed by atoms with Crippen molar-refractivity contribution in [1.82, 2.24) is 5.32 Å². The van der Waals surface area contributed by atoms with E-state index in [-0.39, 0.29) is 18.2 Å². The van der Waals surface area contributed by atoms with Gasteiger partial charge in [-0.2, -0.15) is 0 Å². The fraction of sp³-hybridized carbons (Fsp3) is 0.429. The summed E-state index contributed by atoms with van der Waals surface area (Å²) in [6.45, 7) is 5.88. The molecule has 0 bridgehead atoms. The SMILES string of the molecule is CC(=O)NCCC(=O)Nc1cccc(Cl)c1SC(C)C. The smallest absolute Gasteiger partial charge is 0.226 e. The van der Waals surface area contributed by atoms with Gasteiger partial charge in [0.25, 0.3) is 0 Å². The number of halogens is 1. The first-order chi connectivity index (χ1) is 9.40. The van der Waals surface area contributed by atoms with E-state index in [2.05, 4.69) is 24.5 Å². The van der Waals surface area contributed by atoms with Crippen molar-refractivity contribution in [2.24, 2.45) is 0 Å². The lowest BCUT2D eigenvalue weighted by atomic mass is 10.3. The van der Waals surface area contributed by atoms with E-state index >= 15 is 0 Å². The van der Waals surface area contributed by atoms with Crippen molar-refractivity contribution < 1.29 is 9.59 Å². The van der Waals surface area contributed by atoms with Gasteiger partial charge in [0.15, 0.2) is 0 Å². The molecule has 2 amide bonds. The van der Waals surface area contributed by atoms with Crippen LogP contribution in [-0.2, 0) is 9.59 Å². The summed E-state index contributed by atoms with van der Waals surface area (Å²) < 4.78 is 0. The summed E-state index contributed by atoms with van der Waals surface area (Å²) in [5, 5.41) is 6.42. The molecule has 0 aliphatic heterocycles. The van der Waals surface area contributed by atoms with Crippen LogP contribution in [-0.4, -0.2) is 23.6 Å². The standard InChI is InChI=1S/C14H19ClN2O2S/c1-9(2)20-14-11(15)5-4-6-12(14)17-13(19)7-8-16-10(3)18/h4-6,9H,7-8H2,1-3H3,(H,16,18)(H,17,19). The molecule has 0 atom stereocenters. The van der Waals surface area contributed by atoms with Crippen LogP contribution >= 0.6 is 23.4 Å². The third-order valence-corrected chi connectivity index (χ3v) is 3.89. The van der Waals surface area contributed by atoms with Crippen molar-refractivity contribution in [3.63, 3.8) is 0 Å². The number of anilines is 1. The average molecular weight is 315 g/mol. The van der Waals surface area contributed by atoms with Gasteiger partial charge in [-0.15, -0.1) is 11.8 Å². The summed E-state index contributed by atoms with van der Waals surface area (Å²) >= 11 is 7.78. The molecule has 2 N–H and O–H groups in total. The van der Waals surface area contributed by atoms with E-state index < -0.39 is 0 Å². The predicted octanol–water partition coefficient (Wildman–Crippen LogP) is 3.31. The summed E-state index contributed by atoms with van der Waals surface area (Å²) in [6.07, 6.45) is 0.234. The second-order valence-corrected chi connectivity index (χ2v) is 6.56. The maximum absolute atomic E-state index is 11.8. The fourth-order valence-electron chi connectivity index (χ4n) is 1.53. The molecule has 0 aliphatic rings. The molecule has 1 aromatic carbocycles. The highest BCUT2D eigenvalue weighted by Crippen LogP contribution is 2.36. The second-order valence-electron chi connectivity index (χ2n) is 4.56. The van der Waals surface area contributed by atoms with Crippen LogP contribution in [0.3, 0.4) is 0 Å². The number of rotatable bonds is 6. The number of carbonyl (C=O) groups is 2. The van der Waals surface area contributed by atoms with E-state index in [1.807, 2.05) is 6.07 Å². The first-order valence-electron chi connectivity index (χ1n) is 6.39. The third-order valence-electron chi connectivity index (χ3n) is 2.32. The van der Waals surface area contributed by atoms with Crippen LogP contribution in [0.2, 0.25) is 5.02 Å². The Morgan fingerprint density at radius 1 is 1.35 bits per heavy atom. The van der Waals surface area contributed by atoms with Crippen LogP contribution < -0.4 is 10.6 Å². The van der Waals surface area contributed by atoms with E-state index in [9.17, 15) is 9.59 Å². The largest absolute Gasteiger partial charge is 0.356 e. The van der Waals surface area contributed by atoms with Crippen molar-refractivity contribution in [3.8, 4) is 0 Å². The molecule has 1 rings (SSSR count). The van der Waals surface area contributed by atoms with E-state index in [4.69, 9.17) is 11.6 Å². The van der Waals surface area contributed by atoms with Gasteiger partial charge in [-0.1, -0.05) is 31.5 Å². The Hall–Kier alpha value is -1.20. The van der Waals surface area contributed by atoms with Crippen molar-refractivity contribution >= 4 is 40.9 Å². The minimum absolute atomic E-state index is 0.142. The molecule has 0 saturated carbocycles. The van der Waals surface area contributed by atoms with Gasteiger partial charge in [0.2, 0.25) is 11.8 Å². The quantitative estimate of drug-likeness (QED) is 0.792. The molecule has 0 unspecified atom stereocenters. The van der Waals surface area contributed by atoms with Crippen LogP contribution in [0, 0.1) is 0 Å². The van der Waals surface area contributed by atoms with Crippen LogP contribution in [0.4, 0.5) is 5.69 Å². The predicted molar refractivity (Wildman–Crippen MR) is 84.4 cm³/mol. The number of hydrogen-bond acceptors (Lipinski definition) is 3. The first-order valence-corrected chi connectivity index (χ1v) is 7.65. The average Bonchev–Trinajstić information content (AvgIpc) is 2.32. The molecule has 0 spiro atoms. The zero-order valence-corrected chi connectivity index (χ0v) is 13.4. The maximum Gasteiger partial charge on any atom is 0.226 e. The van der Waals surface area contributed by atoms with E-state index in [0.29, 0.717) is 22.5 Å². The summed E-state index contributed by atoms with van der Waals surface area (Å²) in [6, 6.07) is 5.43. The van der Waals surface area contributed by atoms with Gasteiger partial charge < -0.3 is 10.6 Å². The van der Waals surface area contributed by atoms with Crippen molar-refractivity contribution in [2.45, 2.75) is 37.3 Å². The fourth-order valence-corrected chi connectivity index (χ4v) is 2.73. The van der Waals surface area contributed by atoms with E-state index in [1.54, 1.807) is 23.9 Å². The zero-order valence-electron chi connectivity index (χ0n) is 11.8. The molecule has 0 saturated heterocycles. The molecular formula is C14H19ClN2O2S. The molecule has 1 aromatic rings. The highest BCUT2D eigenvalue weighted by atomic mass is 35.5. The molecule has 6 heteroatoms. The maximum atomic E-state index is 11.8. The molecule has 110 valence electrons. The summed E-state index contributed by atoms with van der Waals surface area (Å²) in [5.74, 6) is -0.289. The van der Waals surface area contributed by atoms with Crippen LogP contribution in [0.1, 0.15) is 27.2 Å². The normalized spacial score (nSPS) is 10.4. The molecule has 0 heterocycles. The van der Waals surface area contributed by atoms with Gasteiger partial charge in [-0.05, 0) is 12.1 Å². The highest BCUT2D eigenvalue weighted by Gasteiger charge is 2.12. The lowest BCUT2D eigenvalue weighted by Crippen LogP contribution is -2.25. The number of hydrogen-bond donors (Lipinski definition) is 2. The van der Waals surface area contributed by atoms with E-state index in [1.165, 1.54) is 6.92 Å². The lowest BCUT2D eigenvalue weighted by molar-refractivity contribution is -0.119. The molecule has 0 radical (unpaired) electrons. The minimum atomic E-state index is -0.147. The van der Waals surface area contributed by atoms with Crippen molar-refractivity contribution in [2.75, 3.05) is 11.9 Å². The van der Waals surface area contributed by atoms with Crippen LogP contribution in [0.5, 0.6) is 0 Å². The Kier molecular flexibility index (Phi) is 6.88. The number of thioether (sulfide) groups is 1. The molecule has 0 fully saturated rings. The van der Waals surface area contributed by atoms with Gasteiger partial charge >= 0.3 is 0 Å². The first kappa shape index (κ1) is 16.9. The lowest BCUT2D eigenvalue weighted by Gasteiger charge is -2.14. The molecule has 4 nitrogen and oxygen atoms in total. The third kappa shape index (κ3) is 5.84. The number of carbonyl (C=O) groups excluding carboxylic acids is 2. The summed E-state index contributed by atoms with van der Waals surface area (Å²) in [4.78, 5) is 23.4. The van der Waals surface area contributed by atoms with Gasteiger partial charge in [-0.25, -0.2) is 0 Å². The monoisotopic (exact) mass is 314 g/mol. The number of nitrogens with one attached hydrogen (secondary N) is 2. The molecule has 20 heavy (non-hydrogen) atoms. The highest BCUT2D eigenvalue weighted by molar-refractivity contribution is 8.00. The Morgan fingerprint density at radius 3 is 2.65 bits per heavy atom. The summed E-state index contributed by atoms with van der Waals surface area (Å²) in [5.41, 5.74) is 0.712. The Labute approximate surface area is 128 Å². The topological polar surface area (TPSA) is 58.2 Å². The Balaban J connectivity index is 2.69. The second kappa shape index (κ2) is 8.17. The summed E-state index contributed by atoms with van der Waals surface area (Å²) in [7, 11) is 0. The molecular weight excluding hydrogens is 296 g/mol. The van der Waals surface area contributed by atoms with Crippen molar-refractivity contribution in [1.29, 1.82) is 0 Å². The Morgan fingerprint density at radius 2 is 2.05 bits per heavy atom. The minimum Gasteiger partial charge on any atom is -0.356 e. The van der Waals surface area contributed by atoms with E-state index in [0.717, 1.165) is 4.90 Å². The van der Waals surface area contributed by atoms with Gasteiger partial charge in [0.1, 0.15) is 0 Å². The number of amides is 2.